The van der Waals surface area contributed by atoms with E-state index in [1.54, 1.807) is 6.92 Å². The number of hydrogen-bond acceptors (Lipinski definition) is 4. The molecule has 13 heavy (non-hydrogen) atoms. The Morgan fingerprint density at radius 3 is 2.15 bits per heavy atom. The van der Waals surface area contributed by atoms with E-state index in [4.69, 9.17) is 5.11 Å². The Hall–Kier alpha value is -0.810. The van der Waals surface area contributed by atoms with Gasteiger partial charge in [-0.2, -0.15) is 4.89 Å². The van der Waals surface area contributed by atoms with Gasteiger partial charge in [0.15, 0.2) is 0 Å². The summed E-state index contributed by atoms with van der Waals surface area (Å²) in [4.78, 5) is 17.6. The molecule has 0 amide bonds. The maximum absolute atomic E-state index is 9.64. The lowest BCUT2D eigenvalue weighted by molar-refractivity contribution is -0.499. The summed E-state index contributed by atoms with van der Waals surface area (Å²) in [5.41, 5.74) is 0. The fourth-order valence-corrected chi connectivity index (χ4v) is 0.184. The fraction of sp³-hybridized carbons (Fsp3) is 0.875. The maximum Gasteiger partial charge on any atom is 0.540 e. The van der Waals surface area contributed by atoms with Gasteiger partial charge in [0.25, 0.3) is 0 Å². The minimum absolute atomic E-state index is 0.167. The molecular formula is C8H18O5. The van der Waals surface area contributed by atoms with Gasteiger partial charge >= 0.3 is 6.16 Å². The molecule has 5 nitrogen and oxygen atoms in total. The van der Waals surface area contributed by atoms with Crippen molar-refractivity contribution in [3.8, 4) is 0 Å². The molecule has 0 fully saturated rings. The normalized spacial score (nSPS) is 11.1. The van der Waals surface area contributed by atoms with Crippen LogP contribution in [0.2, 0.25) is 0 Å². The Morgan fingerprint density at radius 1 is 1.38 bits per heavy atom. The van der Waals surface area contributed by atoms with Crippen LogP contribution in [0.3, 0.4) is 0 Å². The third-order valence-corrected chi connectivity index (χ3v) is 0.884. The Bertz CT molecular complexity index is 115. The van der Waals surface area contributed by atoms with Gasteiger partial charge in [0.2, 0.25) is 0 Å². The van der Waals surface area contributed by atoms with Crippen molar-refractivity contribution >= 4 is 6.16 Å². The van der Waals surface area contributed by atoms with Crippen LogP contribution in [0, 0.1) is 0 Å². The van der Waals surface area contributed by atoms with Gasteiger partial charge in [-0.25, -0.2) is 9.68 Å². The molecule has 0 rings (SSSR count). The van der Waals surface area contributed by atoms with E-state index in [1.807, 2.05) is 6.92 Å². The van der Waals surface area contributed by atoms with E-state index in [2.05, 4.69) is 28.7 Å². The highest BCUT2D eigenvalue weighted by atomic mass is 17.5. The third-order valence-electron chi connectivity index (χ3n) is 0.884. The lowest BCUT2D eigenvalue weighted by atomic mass is 10.3. The maximum atomic E-state index is 9.64. The van der Waals surface area contributed by atoms with E-state index in [0.717, 1.165) is 6.42 Å². The molecular weight excluding hydrogens is 176 g/mol. The zero-order chi connectivity index (χ0) is 10.7. The predicted molar refractivity (Wildman–Crippen MR) is 47.0 cm³/mol. The standard InChI is InChI=1S/C5H10O5.C3H8/c1-3-4(2)8-10-9-5(6)7;1-3-2/h4H,3H2,1-2H3,(H,6,7);3H2,1-2H3. The molecule has 0 aliphatic heterocycles. The summed E-state index contributed by atoms with van der Waals surface area (Å²) in [6, 6.07) is 0. The first kappa shape index (κ1) is 14.7. The van der Waals surface area contributed by atoms with Crippen LogP contribution in [0.25, 0.3) is 0 Å². The van der Waals surface area contributed by atoms with Gasteiger partial charge in [-0.05, 0) is 18.4 Å². The van der Waals surface area contributed by atoms with Gasteiger partial charge in [0.05, 0.1) is 6.10 Å². The van der Waals surface area contributed by atoms with Crippen molar-refractivity contribution in [3.63, 3.8) is 0 Å². The van der Waals surface area contributed by atoms with Gasteiger partial charge in [-0.1, -0.05) is 27.2 Å². The third kappa shape index (κ3) is 18.3. The van der Waals surface area contributed by atoms with Crippen LogP contribution in [-0.4, -0.2) is 17.4 Å². The molecule has 0 aromatic heterocycles. The summed E-state index contributed by atoms with van der Waals surface area (Å²) in [6.45, 7) is 7.85. The second-order valence-corrected chi connectivity index (χ2v) is 2.44. The molecule has 0 saturated carbocycles. The number of carboxylic acid groups (broad SMARTS) is 1. The highest BCUT2D eigenvalue weighted by Crippen LogP contribution is 1.96. The van der Waals surface area contributed by atoms with Crippen LogP contribution in [-0.2, 0) is 14.8 Å². The predicted octanol–water partition coefficient (Wildman–Crippen LogP) is 2.76. The van der Waals surface area contributed by atoms with Crippen molar-refractivity contribution in [1.82, 2.24) is 0 Å². The van der Waals surface area contributed by atoms with Crippen molar-refractivity contribution in [1.29, 1.82) is 0 Å². The highest BCUT2D eigenvalue weighted by Gasteiger charge is 2.02. The summed E-state index contributed by atoms with van der Waals surface area (Å²) < 4.78 is 0. The zero-order valence-corrected chi connectivity index (χ0v) is 8.57. The van der Waals surface area contributed by atoms with Crippen molar-refractivity contribution in [3.05, 3.63) is 0 Å². The SMILES string of the molecule is CCC.CCC(C)OOOC(=O)O. The molecule has 0 radical (unpaired) electrons. The summed E-state index contributed by atoms with van der Waals surface area (Å²) in [5.74, 6) is 0. The fourth-order valence-electron chi connectivity index (χ4n) is 0.184. The first-order valence-electron chi connectivity index (χ1n) is 4.31. The van der Waals surface area contributed by atoms with Crippen LogP contribution in [0.1, 0.15) is 40.5 Å². The van der Waals surface area contributed by atoms with Gasteiger partial charge in [0, 0.05) is 0 Å². The van der Waals surface area contributed by atoms with E-state index in [9.17, 15) is 4.79 Å². The zero-order valence-electron chi connectivity index (χ0n) is 8.57. The first-order valence-corrected chi connectivity index (χ1v) is 4.31. The summed E-state index contributed by atoms with van der Waals surface area (Å²) in [7, 11) is 0. The minimum atomic E-state index is -1.52. The van der Waals surface area contributed by atoms with Gasteiger partial charge < -0.3 is 5.11 Å². The van der Waals surface area contributed by atoms with Gasteiger partial charge in [0.1, 0.15) is 0 Å². The van der Waals surface area contributed by atoms with Crippen LogP contribution < -0.4 is 0 Å². The molecule has 0 aliphatic carbocycles. The van der Waals surface area contributed by atoms with Crippen molar-refractivity contribution < 1.29 is 24.7 Å². The van der Waals surface area contributed by atoms with E-state index in [1.165, 1.54) is 6.42 Å². The lowest BCUT2D eigenvalue weighted by Crippen LogP contribution is -2.09. The molecule has 1 unspecified atom stereocenters. The monoisotopic (exact) mass is 194 g/mol. The van der Waals surface area contributed by atoms with E-state index in [0.29, 0.717) is 0 Å². The quantitative estimate of drug-likeness (QED) is 0.550. The summed E-state index contributed by atoms with van der Waals surface area (Å²) >= 11 is 0. The topological polar surface area (TPSA) is 65.0 Å². The lowest BCUT2D eigenvalue weighted by Gasteiger charge is -2.04. The Balaban J connectivity index is 0. The second-order valence-electron chi connectivity index (χ2n) is 2.44. The minimum Gasteiger partial charge on any atom is -0.448 e. The van der Waals surface area contributed by atoms with Crippen LogP contribution in [0.5, 0.6) is 0 Å². The molecule has 1 N–H and O–H groups in total. The molecule has 0 spiro atoms. The average Bonchev–Trinajstić information content (AvgIpc) is 2.05. The van der Waals surface area contributed by atoms with Crippen molar-refractivity contribution in [2.75, 3.05) is 0 Å². The molecule has 0 aromatic carbocycles. The largest absolute Gasteiger partial charge is 0.540 e. The van der Waals surface area contributed by atoms with E-state index in [-0.39, 0.29) is 6.10 Å². The molecule has 5 heteroatoms. The number of rotatable bonds is 4. The molecule has 0 saturated heterocycles. The van der Waals surface area contributed by atoms with Gasteiger partial charge in [-0.15, -0.1) is 0 Å². The summed E-state index contributed by atoms with van der Waals surface area (Å²) in [6.07, 6.45) is 0.283. The molecule has 0 bridgehead atoms. The average molecular weight is 194 g/mol. The van der Waals surface area contributed by atoms with Crippen molar-refractivity contribution in [2.45, 2.75) is 46.6 Å². The van der Waals surface area contributed by atoms with Gasteiger partial charge in [-0.3, -0.25) is 0 Å². The summed E-state index contributed by atoms with van der Waals surface area (Å²) in [5, 5.41) is 11.7. The Kier molecular flexibility index (Phi) is 12.7. The molecule has 0 aliphatic rings. The van der Waals surface area contributed by atoms with Crippen LogP contribution >= 0.6 is 0 Å². The highest BCUT2D eigenvalue weighted by molar-refractivity contribution is 5.55. The van der Waals surface area contributed by atoms with Crippen LogP contribution in [0.4, 0.5) is 4.79 Å². The number of carbonyl (C=O) groups is 1. The molecule has 0 heterocycles. The Morgan fingerprint density at radius 2 is 1.85 bits per heavy atom. The molecule has 0 aromatic rings. The molecule has 1 atom stereocenters. The second kappa shape index (κ2) is 11.2. The smallest absolute Gasteiger partial charge is 0.448 e. The van der Waals surface area contributed by atoms with Crippen molar-refractivity contribution in [2.24, 2.45) is 0 Å². The van der Waals surface area contributed by atoms with E-state index < -0.39 is 6.16 Å². The van der Waals surface area contributed by atoms with E-state index >= 15 is 0 Å². The first-order chi connectivity index (χ1) is 6.08. The molecule has 80 valence electrons. The number of hydrogen-bond donors (Lipinski definition) is 1. The Labute approximate surface area is 78.5 Å². The van der Waals surface area contributed by atoms with Crippen LogP contribution in [0.15, 0.2) is 0 Å².